The number of carbonyl (C=O) groups excluding carboxylic acids is 3. The van der Waals surface area contributed by atoms with Crippen LogP contribution in [0, 0.1) is 11.8 Å². The highest BCUT2D eigenvalue weighted by Crippen LogP contribution is 2.38. The summed E-state index contributed by atoms with van der Waals surface area (Å²) in [6.07, 6.45) is 5.23. The first-order valence-electron chi connectivity index (χ1n) is 12.7. The first-order chi connectivity index (χ1) is 17.0. The number of nitrogens with one attached hydrogen (secondary N) is 1. The predicted molar refractivity (Wildman–Crippen MR) is 127 cm³/mol. The van der Waals surface area contributed by atoms with Gasteiger partial charge in [-0.2, -0.15) is 4.98 Å². The van der Waals surface area contributed by atoms with Crippen LogP contribution in [0.15, 0.2) is 12.1 Å². The minimum absolute atomic E-state index is 0.0131. The lowest BCUT2D eigenvalue weighted by molar-refractivity contribution is -0.144. The van der Waals surface area contributed by atoms with Crippen molar-refractivity contribution < 1.29 is 23.9 Å². The maximum atomic E-state index is 13.4. The first-order valence-corrected chi connectivity index (χ1v) is 12.7. The van der Waals surface area contributed by atoms with Gasteiger partial charge in [-0.3, -0.25) is 9.59 Å². The summed E-state index contributed by atoms with van der Waals surface area (Å²) in [5, 5.41) is 3.07. The Bertz CT molecular complexity index is 979. The lowest BCUT2D eigenvalue weighted by Crippen LogP contribution is -2.62. The molecule has 1 N–H and O–H groups in total. The molecule has 0 aromatic carbocycles. The Morgan fingerprint density at radius 1 is 1.03 bits per heavy atom. The van der Waals surface area contributed by atoms with Crippen LogP contribution in [-0.2, 0) is 4.79 Å². The zero-order chi connectivity index (χ0) is 24.5. The van der Waals surface area contributed by atoms with E-state index < -0.39 is 0 Å². The molecule has 5 rings (SSSR count). The van der Waals surface area contributed by atoms with E-state index in [-0.39, 0.29) is 23.9 Å². The largest absolute Gasteiger partial charge is 0.481 e. The number of piperidine rings is 4. The van der Waals surface area contributed by atoms with Crippen molar-refractivity contribution in [3.8, 4) is 11.8 Å². The monoisotopic (exact) mass is 485 g/mol. The summed E-state index contributed by atoms with van der Waals surface area (Å²) < 4.78 is 10.4. The fraction of sp³-hybridized carbons (Fsp3) is 0.680. The van der Waals surface area contributed by atoms with Gasteiger partial charge in [0.25, 0.3) is 5.91 Å². The molecule has 3 atom stereocenters. The van der Waals surface area contributed by atoms with Crippen LogP contribution in [-0.4, -0.2) is 96.6 Å². The van der Waals surface area contributed by atoms with Gasteiger partial charge in [-0.15, -0.1) is 0 Å². The summed E-state index contributed by atoms with van der Waals surface area (Å²) in [7, 11) is 2.99. The molecule has 10 heteroatoms. The molecule has 1 aromatic heterocycles. The predicted octanol–water partition coefficient (Wildman–Crippen LogP) is 1.75. The molecule has 4 aliphatic heterocycles. The zero-order valence-corrected chi connectivity index (χ0v) is 20.6. The van der Waals surface area contributed by atoms with Crippen LogP contribution >= 0.6 is 0 Å². The van der Waals surface area contributed by atoms with Crippen molar-refractivity contribution in [2.75, 3.05) is 46.9 Å². The number of aromatic nitrogens is 1. The first kappa shape index (κ1) is 23.7. The molecule has 35 heavy (non-hydrogen) atoms. The van der Waals surface area contributed by atoms with Gasteiger partial charge in [-0.25, -0.2) is 4.79 Å². The van der Waals surface area contributed by atoms with Gasteiger partial charge in [0.15, 0.2) is 0 Å². The van der Waals surface area contributed by atoms with E-state index in [1.54, 1.807) is 12.1 Å². The van der Waals surface area contributed by atoms with E-state index in [4.69, 9.17) is 9.47 Å². The van der Waals surface area contributed by atoms with Crippen LogP contribution in [0.25, 0.3) is 0 Å². The lowest BCUT2D eigenvalue weighted by atomic mass is 9.76. The number of urea groups is 1. The van der Waals surface area contributed by atoms with E-state index in [1.807, 2.05) is 9.80 Å². The number of rotatable bonds is 4. The molecule has 10 nitrogen and oxygen atoms in total. The van der Waals surface area contributed by atoms with Crippen molar-refractivity contribution in [3.05, 3.63) is 17.7 Å². The molecule has 4 amide bonds. The Hall–Kier alpha value is -3.04. The van der Waals surface area contributed by atoms with Crippen molar-refractivity contribution in [2.24, 2.45) is 11.8 Å². The van der Waals surface area contributed by atoms with Crippen LogP contribution in [0.2, 0.25) is 0 Å². The molecule has 0 radical (unpaired) electrons. The van der Waals surface area contributed by atoms with Crippen LogP contribution in [0.3, 0.4) is 0 Å². The van der Waals surface area contributed by atoms with Crippen LogP contribution in [0.1, 0.15) is 48.9 Å². The maximum absolute atomic E-state index is 13.4. The van der Waals surface area contributed by atoms with Gasteiger partial charge in [0.2, 0.25) is 17.7 Å². The number of carbonyl (C=O) groups is 3. The molecule has 2 bridgehead atoms. The number of hydrogen-bond donors (Lipinski definition) is 1. The van der Waals surface area contributed by atoms with E-state index in [0.717, 1.165) is 38.9 Å². The molecule has 0 saturated carbocycles. The molecule has 5 heterocycles. The summed E-state index contributed by atoms with van der Waals surface area (Å²) in [6.45, 7) is 3.49. The molecule has 1 aromatic rings. The van der Waals surface area contributed by atoms with E-state index >= 15 is 0 Å². The van der Waals surface area contributed by atoms with Crippen molar-refractivity contribution in [1.29, 1.82) is 0 Å². The van der Waals surface area contributed by atoms with Crippen LogP contribution < -0.4 is 14.8 Å². The molecular formula is C25H35N5O5. The summed E-state index contributed by atoms with van der Waals surface area (Å²) in [5.41, 5.74) is 0.363. The normalized spacial score (nSPS) is 26.7. The summed E-state index contributed by atoms with van der Waals surface area (Å²) >= 11 is 0. The third kappa shape index (κ3) is 4.75. The maximum Gasteiger partial charge on any atom is 0.320 e. The topological polar surface area (TPSA) is 104 Å². The molecule has 0 aliphatic carbocycles. The highest BCUT2D eigenvalue weighted by molar-refractivity contribution is 5.96. The molecular weight excluding hydrogens is 450 g/mol. The number of hydrogen-bond acceptors (Lipinski definition) is 6. The SMILES string of the molecule is COc1ccc(C(=O)NC2CCN(C(=O)N3C[C@H]4C[C@H](C3)[C@H]3CCCC(=O)N3C4)CC2)c(OC)n1. The smallest absolute Gasteiger partial charge is 0.320 e. The van der Waals surface area contributed by atoms with E-state index in [2.05, 4.69) is 15.2 Å². The third-order valence-electron chi connectivity index (χ3n) is 8.03. The number of methoxy groups -OCH3 is 2. The van der Waals surface area contributed by atoms with Crippen LogP contribution in [0.5, 0.6) is 11.8 Å². The zero-order valence-electron chi connectivity index (χ0n) is 20.6. The second-order valence-corrected chi connectivity index (χ2v) is 10.2. The van der Waals surface area contributed by atoms with E-state index in [1.165, 1.54) is 14.2 Å². The van der Waals surface area contributed by atoms with Gasteiger partial charge >= 0.3 is 6.03 Å². The highest BCUT2D eigenvalue weighted by Gasteiger charge is 2.45. The van der Waals surface area contributed by atoms with Gasteiger partial charge < -0.3 is 29.5 Å². The molecule has 4 fully saturated rings. The minimum atomic E-state index is -0.239. The highest BCUT2D eigenvalue weighted by atomic mass is 16.5. The molecule has 0 unspecified atom stereocenters. The summed E-state index contributed by atoms with van der Waals surface area (Å²) in [5.74, 6) is 1.43. The van der Waals surface area contributed by atoms with Crippen molar-refractivity contribution in [1.82, 2.24) is 25.0 Å². The van der Waals surface area contributed by atoms with Crippen molar-refractivity contribution >= 4 is 17.8 Å². The Morgan fingerprint density at radius 2 is 1.83 bits per heavy atom. The summed E-state index contributed by atoms with van der Waals surface area (Å²) in [6, 6.07) is 3.66. The van der Waals surface area contributed by atoms with Crippen LogP contribution in [0.4, 0.5) is 4.79 Å². The van der Waals surface area contributed by atoms with Gasteiger partial charge in [0.1, 0.15) is 5.56 Å². The standard InChI is InChI=1S/C25H35N5O5/c1-34-21-7-6-19(24(27-21)35-2)23(32)26-18-8-10-28(11-9-18)25(33)29-13-16-12-17(15-29)20-4-3-5-22(31)30(20)14-16/h6-7,16-18,20H,3-5,8-15H2,1-2H3,(H,26,32)/t16-,17-,20-/m1/s1. The van der Waals surface area contributed by atoms with E-state index in [9.17, 15) is 14.4 Å². The second kappa shape index (κ2) is 9.91. The Labute approximate surface area is 205 Å². The van der Waals surface area contributed by atoms with Gasteiger partial charge in [0.05, 0.1) is 14.2 Å². The quantitative estimate of drug-likeness (QED) is 0.697. The number of pyridine rings is 1. The summed E-state index contributed by atoms with van der Waals surface area (Å²) in [4.78, 5) is 48.8. The molecule has 4 saturated heterocycles. The Kier molecular flexibility index (Phi) is 6.71. The fourth-order valence-corrected chi connectivity index (χ4v) is 6.31. The molecule has 0 spiro atoms. The van der Waals surface area contributed by atoms with Gasteiger partial charge in [0, 0.05) is 57.3 Å². The number of ether oxygens (including phenoxy) is 2. The van der Waals surface area contributed by atoms with Gasteiger partial charge in [-0.05, 0) is 50.0 Å². The molecule has 4 aliphatic rings. The number of likely N-dealkylation sites (tertiary alicyclic amines) is 2. The fourth-order valence-electron chi connectivity index (χ4n) is 6.31. The average Bonchev–Trinajstić information content (AvgIpc) is 2.88. The molecule has 190 valence electrons. The third-order valence-corrected chi connectivity index (χ3v) is 8.03. The van der Waals surface area contributed by atoms with Gasteiger partial charge in [-0.1, -0.05) is 0 Å². The Balaban J connectivity index is 1.14. The van der Waals surface area contributed by atoms with Crippen molar-refractivity contribution in [2.45, 2.75) is 50.6 Å². The van der Waals surface area contributed by atoms with Crippen molar-refractivity contribution in [3.63, 3.8) is 0 Å². The minimum Gasteiger partial charge on any atom is -0.481 e. The second-order valence-electron chi connectivity index (χ2n) is 10.2. The Morgan fingerprint density at radius 3 is 2.57 bits per heavy atom. The number of fused-ring (bicyclic) bond motifs is 4. The van der Waals surface area contributed by atoms with E-state index in [0.29, 0.717) is 67.6 Å². The number of nitrogens with zero attached hydrogens (tertiary/aromatic N) is 4. The number of amides is 4. The average molecular weight is 486 g/mol. The lowest BCUT2D eigenvalue weighted by Gasteiger charge is -2.53.